The Morgan fingerprint density at radius 3 is 2.60 bits per heavy atom. The van der Waals surface area contributed by atoms with Gasteiger partial charge in [0.25, 0.3) is 0 Å². The molecule has 0 saturated carbocycles. The predicted molar refractivity (Wildman–Crippen MR) is 143 cm³/mol. The van der Waals surface area contributed by atoms with Gasteiger partial charge >= 0.3 is 0 Å². The van der Waals surface area contributed by atoms with Crippen LogP contribution in [-0.4, -0.2) is 36.2 Å². The molecule has 1 aromatic carbocycles. The number of Topliss-reactive ketones (excluding diaryl/α,β-unsaturated/α-hetero) is 1. The number of hydrogen-bond acceptors (Lipinski definition) is 4. The van der Waals surface area contributed by atoms with Gasteiger partial charge in [0.2, 0.25) is 5.78 Å². The second-order valence-electron chi connectivity index (χ2n) is 11.3. The van der Waals surface area contributed by atoms with Gasteiger partial charge in [-0.2, -0.15) is 0 Å². The van der Waals surface area contributed by atoms with E-state index in [9.17, 15) is 13.2 Å². The standard InChI is InChI=1S/C29H38N2O3S/c1-7-24-20-30-27(31-24)26(32)18-22-10-11-23(29(4,5)14-8-9-17-35(6,33)34)19-25(22)21-12-15-28(2,3)16-13-21/h1,10-12,19-20H,8-9,13-18H2,2-6H3,(H,30,31). The van der Waals surface area contributed by atoms with E-state index in [1.54, 1.807) is 0 Å². The highest BCUT2D eigenvalue weighted by atomic mass is 32.2. The summed E-state index contributed by atoms with van der Waals surface area (Å²) in [6, 6.07) is 6.44. The van der Waals surface area contributed by atoms with Crippen LogP contribution in [0.4, 0.5) is 0 Å². The Hall–Kier alpha value is -2.65. The highest BCUT2D eigenvalue weighted by Gasteiger charge is 2.26. The molecule has 0 radical (unpaired) electrons. The molecule has 1 heterocycles. The van der Waals surface area contributed by atoms with Crippen molar-refractivity contribution in [3.63, 3.8) is 0 Å². The Bertz CT molecular complexity index is 1260. The van der Waals surface area contributed by atoms with E-state index in [0.717, 1.165) is 43.2 Å². The van der Waals surface area contributed by atoms with Crippen LogP contribution in [0.15, 0.2) is 30.5 Å². The summed E-state index contributed by atoms with van der Waals surface area (Å²) in [7, 11) is -2.94. The summed E-state index contributed by atoms with van der Waals surface area (Å²) in [5, 5.41) is 0. The number of nitrogens with one attached hydrogen (secondary N) is 1. The number of aromatic nitrogens is 2. The Labute approximate surface area is 210 Å². The van der Waals surface area contributed by atoms with E-state index < -0.39 is 9.84 Å². The molecule has 2 aromatic rings. The maximum absolute atomic E-state index is 13.0. The third-order valence-electron chi connectivity index (χ3n) is 7.12. The summed E-state index contributed by atoms with van der Waals surface area (Å²) in [6.45, 7) is 9.00. The first-order valence-corrected chi connectivity index (χ1v) is 14.4. The van der Waals surface area contributed by atoms with Gasteiger partial charge in [-0.15, -0.1) is 6.42 Å². The first-order valence-electron chi connectivity index (χ1n) is 12.3. The molecule has 0 fully saturated rings. The van der Waals surface area contributed by atoms with Gasteiger partial charge in [-0.25, -0.2) is 13.4 Å². The zero-order chi connectivity index (χ0) is 25.9. The lowest BCUT2D eigenvalue weighted by molar-refractivity contribution is 0.0984. The molecule has 1 aliphatic rings. The molecule has 1 N–H and O–H groups in total. The number of hydrogen-bond donors (Lipinski definition) is 1. The number of carbonyl (C=O) groups is 1. The quantitative estimate of drug-likeness (QED) is 0.253. The number of allylic oxidation sites excluding steroid dienone is 2. The van der Waals surface area contributed by atoms with Gasteiger partial charge in [-0.1, -0.05) is 64.3 Å². The molecule has 0 bridgehead atoms. The number of H-pyrrole nitrogens is 1. The molecule has 1 aliphatic carbocycles. The van der Waals surface area contributed by atoms with Crippen LogP contribution in [0.25, 0.3) is 5.57 Å². The zero-order valence-corrected chi connectivity index (χ0v) is 22.5. The molecular formula is C29H38N2O3S. The van der Waals surface area contributed by atoms with Crippen molar-refractivity contribution >= 4 is 21.2 Å². The van der Waals surface area contributed by atoms with E-state index >= 15 is 0 Å². The smallest absolute Gasteiger partial charge is 0.202 e. The monoisotopic (exact) mass is 494 g/mol. The van der Waals surface area contributed by atoms with Crippen molar-refractivity contribution < 1.29 is 13.2 Å². The normalized spacial score (nSPS) is 15.9. The second kappa shape index (κ2) is 10.5. The molecule has 0 atom stereocenters. The van der Waals surface area contributed by atoms with E-state index in [4.69, 9.17) is 6.42 Å². The highest BCUT2D eigenvalue weighted by Crippen LogP contribution is 2.40. The Morgan fingerprint density at radius 2 is 2.00 bits per heavy atom. The number of terminal acetylenes is 1. The van der Waals surface area contributed by atoms with E-state index in [1.807, 2.05) is 0 Å². The fourth-order valence-corrected chi connectivity index (χ4v) is 5.37. The van der Waals surface area contributed by atoms with Crippen molar-refractivity contribution in [3.05, 3.63) is 58.7 Å². The summed E-state index contributed by atoms with van der Waals surface area (Å²) in [6.07, 6.45) is 16.3. The van der Waals surface area contributed by atoms with Gasteiger partial charge in [0, 0.05) is 18.4 Å². The molecule has 35 heavy (non-hydrogen) atoms. The number of carbonyl (C=O) groups excluding carboxylic acids is 1. The van der Waals surface area contributed by atoms with Crippen molar-refractivity contribution in [3.8, 4) is 12.3 Å². The summed E-state index contributed by atoms with van der Waals surface area (Å²) in [5.41, 5.74) is 5.32. The first-order chi connectivity index (χ1) is 16.3. The Morgan fingerprint density at radius 1 is 1.26 bits per heavy atom. The van der Waals surface area contributed by atoms with Crippen LogP contribution in [0.3, 0.4) is 0 Å². The van der Waals surface area contributed by atoms with Crippen molar-refractivity contribution in [1.29, 1.82) is 0 Å². The average molecular weight is 495 g/mol. The largest absolute Gasteiger partial charge is 0.329 e. The molecule has 5 nitrogen and oxygen atoms in total. The maximum Gasteiger partial charge on any atom is 0.202 e. The van der Waals surface area contributed by atoms with Crippen LogP contribution in [-0.2, 0) is 21.7 Å². The fourth-order valence-electron chi connectivity index (χ4n) is 4.64. The number of imidazole rings is 1. The number of unbranched alkanes of at least 4 members (excludes halogenated alkanes) is 1. The van der Waals surface area contributed by atoms with Gasteiger partial charge < -0.3 is 4.98 Å². The second-order valence-corrected chi connectivity index (χ2v) is 13.6. The van der Waals surface area contributed by atoms with Gasteiger partial charge in [0.15, 0.2) is 5.82 Å². The summed E-state index contributed by atoms with van der Waals surface area (Å²) < 4.78 is 23.0. The predicted octanol–water partition coefficient (Wildman–Crippen LogP) is 5.90. The lowest BCUT2D eigenvalue weighted by Crippen LogP contribution is -2.19. The molecule has 0 unspecified atom stereocenters. The highest BCUT2D eigenvalue weighted by molar-refractivity contribution is 7.90. The molecule has 188 valence electrons. The van der Waals surface area contributed by atoms with E-state index in [-0.39, 0.29) is 34.6 Å². The van der Waals surface area contributed by atoms with Crippen LogP contribution in [0, 0.1) is 17.8 Å². The fraction of sp³-hybridized carbons (Fsp3) is 0.517. The third-order valence-corrected chi connectivity index (χ3v) is 8.15. The SMILES string of the molecule is C#Cc1cnc(C(=O)Cc2ccc(C(C)(C)CCCCS(C)(=O)=O)cc2C2=CCC(C)(C)CC2)[nH]1. The number of ketones is 1. The molecule has 3 rings (SSSR count). The molecule has 6 heteroatoms. The van der Waals surface area contributed by atoms with Crippen LogP contribution in [0.5, 0.6) is 0 Å². The van der Waals surface area contributed by atoms with Crippen LogP contribution < -0.4 is 0 Å². The molecule has 0 amide bonds. The molecule has 0 aliphatic heterocycles. The molecule has 0 spiro atoms. The van der Waals surface area contributed by atoms with Crippen molar-refractivity contribution in [2.24, 2.45) is 5.41 Å². The summed E-state index contributed by atoms with van der Waals surface area (Å²) >= 11 is 0. The minimum Gasteiger partial charge on any atom is -0.329 e. The van der Waals surface area contributed by atoms with E-state index in [1.165, 1.54) is 23.6 Å². The topological polar surface area (TPSA) is 79.9 Å². The van der Waals surface area contributed by atoms with Gasteiger partial charge in [-0.05, 0) is 65.2 Å². The number of benzene rings is 1. The van der Waals surface area contributed by atoms with Crippen molar-refractivity contribution in [2.45, 2.75) is 78.1 Å². The molecular weight excluding hydrogens is 456 g/mol. The zero-order valence-electron chi connectivity index (χ0n) is 21.7. The van der Waals surface area contributed by atoms with Crippen LogP contribution in [0.2, 0.25) is 0 Å². The Balaban J connectivity index is 1.88. The van der Waals surface area contributed by atoms with E-state index in [0.29, 0.717) is 12.1 Å². The molecule has 1 aromatic heterocycles. The summed E-state index contributed by atoms with van der Waals surface area (Å²) in [4.78, 5) is 20.1. The van der Waals surface area contributed by atoms with Gasteiger partial charge in [0.05, 0.1) is 6.20 Å². The van der Waals surface area contributed by atoms with Crippen molar-refractivity contribution in [2.75, 3.05) is 12.0 Å². The van der Waals surface area contributed by atoms with Gasteiger partial charge in [-0.3, -0.25) is 4.79 Å². The number of nitrogens with zero attached hydrogens (tertiary/aromatic N) is 1. The summed E-state index contributed by atoms with van der Waals surface area (Å²) in [5.74, 6) is 2.91. The minimum absolute atomic E-state index is 0.0859. The third kappa shape index (κ3) is 7.41. The Kier molecular flexibility index (Phi) is 8.11. The lowest BCUT2D eigenvalue weighted by Gasteiger charge is -2.31. The van der Waals surface area contributed by atoms with Crippen molar-refractivity contribution in [1.82, 2.24) is 9.97 Å². The van der Waals surface area contributed by atoms with Crippen LogP contribution in [0.1, 0.15) is 99.2 Å². The number of sulfone groups is 1. The van der Waals surface area contributed by atoms with Crippen LogP contribution >= 0.6 is 0 Å². The number of aromatic amines is 1. The minimum atomic E-state index is -2.94. The first kappa shape index (κ1) is 26.9. The number of rotatable bonds is 10. The van der Waals surface area contributed by atoms with E-state index in [2.05, 4.69) is 67.9 Å². The average Bonchev–Trinajstić information content (AvgIpc) is 3.26. The maximum atomic E-state index is 13.0. The van der Waals surface area contributed by atoms with Gasteiger partial charge in [0.1, 0.15) is 15.5 Å². The molecule has 0 saturated heterocycles. The lowest BCUT2D eigenvalue weighted by atomic mass is 9.74.